The second-order valence-electron chi connectivity index (χ2n) is 3.38. The molecule has 0 saturated heterocycles. The summed E-state index contributed by atoms with van der Waals surface area (Å²) in [5.41, 5.74) is 5.37. The molecule has 0 saturated carbocycles. The van der Waals surface area contributed by atoms with E-state index < -0.39 is 0 Å². The topological polar surface area (TPSA) is 0 Å². The third kappa shape index (κ3) is 2.36. The Balaban J connectivity index is 3.03. The van der Waals surface area contributed by atoms with Crippen molar-refractivity contribution in [1.82, 2.24) is 0 Å². The van der Waals surface area contributed by atoms with E-state index in [0.717, 1.165) is 6.42 Å². The molecule has 0 aliphatic rings. The Morgan fingerprint density at radius 3 is 2.15 bits per heavy atom. The van der Waals surface area contributed by atoms with E-state index in [0.29, 0.717) is 0 Å². The summed E-state index contributed by atoms with van der Waals surface area (Å²) < 4.78 is 0. The van der Waals surface area contributed by atoms with Crippen LogP contribution in [0.5, 0.6) is 0 Å². The van der Waals surface area contributed by atoms with Gasteiger partial charge in [0.25, 0.3) is 0 Å². The lowest BCUT2D eigenvalue weighted by Crippen LogP contribution is -1.90. The molecule has 1 aromatic carbocycles. The maximum absolute atomic E-state index is 3.50. The fourth-order valence-electron chi connectivity index (χ4n) is 1.39. The zero-order chi connectivity index (χ0) is 9.84. The molecule has 0 spiro atoms. The SMILES string of the molecule is [CH2]C#CCc1cc(C)c(C)c(C)c1. The molecule has 0 amide bonds. The van der Waals surface area contributed by atoms with Gasteiger partial charge < -0.3 is 0 Å². The van der Waals surface area contributed by atoms with Crippen molar-refractivity contribution in [3.05, 3.63) is 41.3 Å². The summed E-state index contributed by atoms with van der Waals surface area (Å²) in [6, 6.07) is 4.40. The van der Waals surface area contributed by atoms with Crippen molar-refractivity contribution in [3.63, 3.8) is 0 Å². The van der Waals surface area contributed by atoms with Gasteiger partial charge >= 0.3 is 0 Å². The van der Waals surface area contributed by atoms with Gasteiger partial charge in [-0.2, -0.15) is 0 Å². The van der Waals surface area contributed by atoms with Crippen LogP contribution in [-0.4, -0.2) is 0 Å². The van der Waals surface area contributed by atoms with Gasteiger partial charge in [0, 0.05) is 13.3 Å². The molecule has 0 N–H and O–H groups in total. The lowest BCUT2D eigenvalue weighted by molar-refractivity contribution is 1.20. The Kier molecular flexibility index (Phi) is 3.14. The molecule has 13 heavy (non-hydrogen) atoms. The van der Waals surface area contributed by atoms with Crippen molar-refractivity contribution in [2.45, 2.75) is 27.2 Å². The minimum atomic E-state index is 0.811. The smallest absolute Gasteiger partial charge is 0.0340 e. The predicted molar refractivity (Wildman–Crippen MR) is 57.5 cm³/mol. The highest BCUT2D eigenvalue weighted by Gasteiger charge is 1.99. The third-order valence-electron chi connectivity index (χ3n) is 2.40. The largest absolute Gasteiger partial charge is 0.102 e. The molecule has 0 bridgehead atoms. The van der Waals surface area contributed by atoms with Gasteiger partial charge in [-0.1, -0.05) is 18.1 Å². The summed E-state index contributed by atoms with van der Waals surface area (Å²) in [7, 11) is 0. The first-order valence-corrected chi connectivity index (χ1v) is 4.47. The van der Waals surface area contributed by atoms with Crippen LogP contribution >= 0.6 is 0 Å². The fourth-order valence-corrected chi connectivity index (χ4v) is 1.39. The van der Waals surface area contributed by atoms with Crippen molar-refractivity contribution in [3.8, 4) is 11.8 Å². The van der Waals surface area contributed by atoms with Crippen LogP contribution in [0.3, 0.4) is 0 Å². The molecule has 0 heterocycles. The fraction of sp³-hybridized carbons (Fsp3) is 0.308. The molecule has 0 unspecified atom stereocenters. The zero-order valence-corrected chi connectivity index (χ0v) is 8.57. The van der Waals surface area contributed by atoms with Crippen molar-refractivity contribution >= 4 is 0 Å². The predicted octanol–water partition coefficient (Wildman–Crippen LogP) is 2.99. The molecule has 0 fully saturated rings. The van der Waals surface area contributed by atoms with Crippen LogP contribution in [0.25, 0.3) is 0 Å². The molecule has 0 aliphatic carbocycles. The van der Waals surface area contributed by atoms with E-state index in [-0.39, 0.29) is 0 Å². The van der Waals surface area contributed by atoms with Crippen LogP contribution < -0.4 is 0 Å². The highest BCUT2D eigenvalue weighted by atomic mass is 14.0. The van der Waals surface area contributed by atoms with Gasteiger partial charge in [-0.15, -0.1) is 5.92 Å². The Bertz CT molecular complexity index is 338. The van der Waals surface area contributed by atoms with E-state index in [4.69, 9.17) is 0 Å². The minimum Gasteiger partial charge on any atom is -0.102 e. The minimum absolute atomic E-state index is 0.811. The molecule has 1 aromatic rings. The van der Waals surface area contributed by atoms with E-state index >= 15 is 0 Å². The lowest BCUT2D eigenvalue weighted by Gasteiger charge is -2.06. The van der Waals surface area contributed by atoms with Crippen LogP contribution in [0, 0.1) is 39.5 Å². The monoisotopic (exact) mass is 171 g/mol. The summed E-state index contributed by atoms with van der Waals surface area (Å²) in [6.45, 7) is 9.94. The van der Waals surface area contributed by atoms with Gasteiger partial charge in [0.15, 0.2) is 0 Å². The Hall–Kier alpha value is -1.22. The number of aryl methyl sites for hydroxylation is 2. The van der Waals surface area contributed by atoms with Crippen LogP contribution in [0.2, 0.25) is 0 Å². The number of hydrogen-bond acceptors (Lipinski definition) is 0. The number of rotatable bonds is 1. The maximum atomic E-state index is 3.50. The zero-order valence-electron chi connectivity index (χ0n) is 8.57. The first-order chi connectivity index (χ1) is 6.15. The molecule has 0 aliphatic heterocycles. The first kappa shape index (κ1) is 9.86. The van der Waals surface area contributed by atoms with Crippen molar-refractivity contribution in [2.75, 3.05) is 0 Å². The van der Waals surface area contributed by atoms with Crippen LogP contribution in [-0.2, 0) is 6.42 Å². The van der Waals surface area contributed by atoms with Crippen molar-refractivity contribution in [2.24, 2.45) is 0 Å². The van der Waals surface area contributed by atoms with Gasteiger partial charge in [0.1, 0.15) is 0 Å². The van der Waals surface area contributed by atoms with Gasteiger partial charge in [-0.3, -0.25) is 0 Å². The summed E-state index contributed by atoms with van der Waals surface area (Å²) in [6.07, 6.45) is 0.811. The summed E-state index contributed by atoms with van der Waals surface area (Å²) in [4.78, 5) is 0. The first-order valence-electron chi connectivity index (χ1n) is 4.47. The lowest BCUT2D eigenvalue weighted by atomic mass is 9.99. The van der Waals surface area contributed by atoms with E-state index in [2.05, 4.69) is 51.7 Å². The number of benzene rings is 1. The Labute approximate surface area is 81.0 Å². The van der Waals surface area contributed by atoms with Crippen LogP contribution in [0.4, 0.5) is 0 Å². The van der Waals surface area contributed by atoms with Gasteiger partial charge in [0.05, 0.1) is 0 Å². The molecule has 0 atom stereocenters. The maximum Gasteiger partial charge on any atom is 0.0340 e. The molecule has 0 heteroatoms. The normalized spacial score (nSPS) is 9.23. The second kappa shape index (κ2) is 4.14. The van der Waals surface area contributed by atoms with Gasteiger partial charge in [0.2, 0.25) is 0 Å². The quantitative estimate of drug-likeness (QED) is 0.570. The van der Waals surface area contributed by atoms with E-state index in [1.54, 1.807) is 0 Å². The third-order valence-corrected chi connectivity index (χ3v) is 2.40. The molecule has 0 aromatic heterocycles. The average molecular weight is 171 g/mol. The molecule has 0 nitrogen and oxygen atoms in total. The Morgan fingerprint density at radius 2 is 1.69 bits per heavy atom. The van der Waals surface area contributed by atoms with Crippen LogP contribution in [0.15, 0.2) is 12.1 Å². The van der Waals surface area contributed by atoms with Gasteiger partial charge in [-0.05, 0) is 43.0 Å². The average Bonchev–Trinajstić information content (AvgIpc) is 2.10. The summed E-state index contributed by atoms with van der Waals surface area (Å²) >= 11 is 0. The number of hydrogen-bond donors (Lipinski definition) is 0. The molecule has 1 radical (unpaired) electrons. The van der Waals surface area contributed by atoms with Gasteiger partial charge in [-0.25, -0.2) is 0 Å². The van der Waals surface area contributed by atoms with E-state index in [9.17, 15) is 0 Å². The van der Waals surface area contributed by atoms with E-state index in [1.165, 1.54) is 22.3 Å². The van der Waals surface area contributed by atoms with Crippen molar-refractivity contribution in [1.29, 1.82) is 0 Å². The molecular formula is C13H15. The molecular weight excluding hydrogens is 156 g/mol. The van der Waals surface area contributed by atoms with Crippen molar-refractivity contribution < 1.29 is 0 Å². The molecule has 67 valence electrons. The van der Waals surface area contributed by atoms with Crippen LogP contribution in [0.1, 0.15) is 22.3 Å². The standard InChI is InChI=1S/C13H15/c1-5-6-7-13-8-10(2)12(4)11(3)9-13/h8-9H,1,7H2,2-4H3. The Morgan fingerprint density at radius 1 is 1.15 bits per heavy atom. The highest BCUT2D eigenvalue weighted by Crippen LogP contribution is 2.15. The van der Waals surface area contributed by atoms with E-state index in [1.807, 2.05) is 0 Å². The molecule has 1 rings (SSSR count). The summed E-state index contributed by atoms with van der Waals surface area (Å²) in [5, 5.41) is 0. The summed E-state index contributed by atoms with van der Waals surface area (Å²) in [5.74, 6) is 5.65. The highest BCUT2D eigenvalue weighted by molar-refractivity contribution is 5.38. The second-order valence-corrected chi connectivity index (χ2v) is 3.38.